The first kappa shape index (κ1) is 24.2. The number of benzene rings is 1. The lowest BCUT2D eigenvalue weighted by Crippen LogP contribution is -2.36. The van der Waals surface area contributed by atoms with Crippen LogP contribution >= 0.6 is 11.6 Å². The first-order valence-corrected chi connectivity index (χ1v) is 9.65. The zero-order valence-electron chi connectivity index (χ0n) is 17.0. The molecule has 0 aliphatic heterocycles. The van der Waals surface area contributed by atoms with E-state index in [4.69, 9.17) is 16.3 Å². The molecule has 2 heterocycles. The van der Waals surface area contributed by atoms with Crippen LogP contribution in [-0.2, 0) is 19.3 Å². The van der Waals surface area contributed by atoms with E-state index in [1.807, 2.05) is 0 Å². The third-order valence-corrected chi connectivity index (χ3v) is 4.65. The van der Waals surface area contributed by atoms with Gasteiger partial charge >= 0.3 is 12.2 Å². The number of halogens is 5. The molecule has 0 spiro atoms. The van der Waals surface area contributed by atoms with Crippen molar-refractivity contribution in [1.82, 2.24) is 19.7 Å². The van der Waals surface area contributed by atoms with E-state index in [9.17, 15) is 27.5 Å². The summed E-state index contributed by atoms with van der Waals surface area (Å²) in [7, 11) is 1.39. The molecule has 1 aromatic carbocycles. The first-order chi connectivity index (χ1) is 15.6. The second kappa shape index (κ2) is 10.0. The molecule has 0 aliphatic rings. The second-order valence-corrected chi connectivity index (χ2v) is 6.92. The van der Waals surface area contributed by atoms with Crippen molar-refractivity contribution in [2.75, 3.05) is 23.9 Å². The molecule has 33 heavy (non-hydrogen) atoms. The van der Waals surface area contributed by atoms with Crippen molar-refractivity contribution in [3.05, 3.63) is 59.0 Å². The second-order valence-electron chi connectivity index (χ2n) is 6.52. The molecule has 3 rings (SSSR count). The smallest absolute Gasteiger partial charge is 0.451 e. The topological polar surface area (TPSA) is 105 Å². The number of carbonyl (C=O) groups excluding carboxylic acids is 1. The molecule has 0 saturated heterocycles. The van der Waals surface area contributed by atoms with E-state index in [-0.39, 0.29) is 28.1 Å². The minimum Gasteiger partial charge on any atom is -0.481 e. The molecule has 0 unspecified atom stereocenters. The number of aliphatic hydroxyl groups excluding tert-OH is 1. The van der Waals surface area contributed by atoms with Gasteiger partial charge in [-0.05, 0) is 24.3 Å². The number of aliphatic hydroxyl groups is 1. The van der Waals surface area contributed by atoms with Crippen molar-refractivity contribution in [2.24, 2.45) is 0 Å². The van der Waals surface area contributed by atoms with E-state index in [0.29, 0.717) is 4.57 Å². The molecular formula is C19H17ClF4N6O3. The molecule has 0 atom stereocenters. The summed E-state index contributed by atoms with van der Waals surface area (Å²) in [4.78, 5) is 18.1. The molecule has 14 heteroatoms. The number of hydrogen-bond donors (Lipinski definition) is 2. The van der Waals surface area contributed by atoms with Crippen molar-refractivity contribution in [2.45, 2.75) is 19.3 Å². The molecule has 2 aromatic heterocycles. The molecule has 2 amide bonds. The molecule has 0 bridgehead atoms. The maximum absolute atomic E-state index is 13.4. The van der Waals surface area contributed by atoms with E-state index >= 15 is 0 Å². The Morgan fingerprint density at radius 3 is 2.61 bits per heavy atom. The Morgan fingerprint density at radius 2 is 2.03 bits per heavy atom. The highest BCUT2D eigenvalue weighted by Crippen LogP contribution is 2.29. The quantitative estimate of drug-likeness (QED) is 0.491. The number of urea groups is 1. The number of nitrogens with one attached hydrogen (secondary N) is 1. The van der Waals surface area contributed by atoms with Gasteiger partial charge in [0.1, 0.15) is 5.82 Å². The molecule has 0 saturated carbocycles. The summed E-state index contributed by atoms with van der Waals surface area (Å²) < 4.78 is 58.9. The minimum absolute atomic E-state index is 0.144. The van der Waals surface area contributed by atoms with Crippen molar-refractivity contribution >= 4 is 29.0 Å². The summed E-state index contributed by atoms with van der Waals surface area (Å²) in [6.07, 6.45) is -3.55. The Labute approximate surface area is 189 Å². The third kappa shape index (κ3) is 5.68. The van der Waals surface area contributed by atoms with Gasteiger partial charge in [-0.25, -0.2) is 14.2 Å². The first-order valence-electron chi connectivity index (χ1n) is 9.27. The van der Waals surface area contributed by atoms with Crippen LogP contribution in [0.4, 0.5) is 33.7 Å². The molecule has 176 valence electrons. The number of nitrogens with zero attached hydrogens (tertiary/aromatic N) is 5. The van der Waals surface area contributed by atoms with Gasteiger partial charge in [-0.1, -0.05) is 11.6 Å². The normalized spacial score (nSPS) is 11.4. The number of amides is 2. The predicted molar refractivity (Wildman–Crippen MR) is 110 cm³/mol. The highest BCUT2D eigenvalue weighted by Gasteiger charge is 2.38. The molecule has 3 aromatic rings. The zero-order valence-corrected chi connectivity index (χ0v) is 17.7. The standard InChI is InChI=1S/C19H17ClF4N6O3/c1-33-16-5-3-12(9-25-16)30(18(32)26-11-2-4-14(21)13(20)8-11)10-15-27-28-17(19(22,23)24)29(15)6-7-31/h2-5,8-9,31H,6-7,10H2,1H3,(H,26,32). The van der Waals surface area contributed by atoms with Gasteiger partial charge in [-0.15, -0.1) is 10.2 Å². The zero-order chi connectivity index (χ0) is 24.2. The van der Waals surface area contributed by atoms with Crippen LogP contribution in [0.1, 0.15) is 11.6 Å². The number of alkyl halides is 3. The fourth-order valence-electron chi connectivity index (χ4n) is 2.84. The van der Waals surface area contributed by atoms with Crippen LogP contribution in [0.15, 0.2) is 36.5 Å². The average Bonchev–Trinajstić information content (AvgIpc) is 3.18. The van der Waals surface area contributed by atoms with Gasteiger partial charge < -0.3 is 19.7 Å². The number of anilines is 2. The number of aromatic nitrogens is 4. The van der Waals surface area contributed by atoms with E-state index in [2.05, 4.69) is 20.5 Å². The Hall–Kier alpha value is -3.45. The van der Waals surface area contributed by atoms with Crippen LogP contribution in [0.3, 0.4) is 0 Å². The summed E-state index contributed by atoms with van der Waals surface area (Å²) in [5, 5.41) is 18.2. The van der Waals surface area contributed by atoms with Gasteiger partial charge in [0.05, 0.1) is 37.2 Å². The lowest BCUT2D eigenvalue weighted by molar-refractivity contribution is -0.147. The van der Waals surface area contributed by atoms with Gasteiger partial charge in [0.15, 0.2) is 5.82 Å². The van der Waals surface area contributed by atoms with Crippen molar-refractivity contribution in [3.8, 4) is 5.88 Å². The van der Waals surface area contributed by atoms with Gasteiger partial charge in [0.2, 0.25) is 11.7 Å². The Bertz CT molecular complexity index is 1120. The van der Waals surface area contributed by atoms with Crippen LogP contribution in [0, 0.1) is 5.82 Å². The highest BCUT2D eigenvalue weighted by molar-refractivity contribution is 6.31. The average molecular weight is 489 g/mol. The Balaban J connectivity index is 1.97. The van der Waals surface area contributed by atoms with Crippen molar-refractivity contribution < 1.29 is 32.2 Å². The highest BCUT2D eigenvalue weighted by atomic mass is 35.5. The monoisotopic (exact) mass is 488 g/mol. The number of pyridine rings is 1. The van der Waals surface area contributed by atoms with E-state index in [0.717, 1.165) is 11.0 Å². The maximum atomic E-state index is 13.4. The van der Waals surface area contributed by atoms with Crippen molar-refractivity contribution in [3.63, 3.8) is 0 Å². The van der Waals surface area contributed by atoms with Crippen molar-refractivity contribution in [1.29, 1.82) is 0 Å². The lowest BCUT2D eigenvalue weighted by Gasteiger charge is -2.23. The summed E-state index contributed by atoms with van der Waals surface area (Å²) in [5.41, 5.74) is 0.333. The molecule has 0 fully saturated rings. The molecule has 0 aliphatic carbocycles. The number of ether oxygens (including phenoxy) is 1. The predicted octanol–water partition coefficient (Wildman–Crippen LogP) is 3.72. The van der Waals surface area contributed by atoms with Gasteiger partial charge in [0.25, 0.3) is 0 Å². The third-order valence-electron chi connectivity index (χ3n) is 4.36. The number of methoxy groups -OCH3 is 1. The van der Waals surface area contributed by atoms with E-state index < -0.39 is 43.5 Å². The van der Waals surface area contributed by atoms with E-state index in [1.165, 1.54) is 37.6 Å². The Kier molecular flexibility index (Phi) is 7.33. The van der Waals surface area contributed by atoms with E-state index in [1.54, 1.807) is 0 Å². The van der Waals surface area contributed by atoms with Gasteiger partial charge in [-0.3, -0.25) is 4.90 Å². The maximum Gasteiger partial charge on any atom is 0.451 e. The minimum atomic E-state index is -4.82. The number of rotatable bonds is 7. The molecule has 2 N–H and O–H groups in total. The summed E-state index contributed by atoms with van der Waals surface area (Å²) in [6, 6.07) is 5.60. The largest absolute Gasteiger partial charge is 0.481 e. The molecule has 0 radical (unpaired) electrons. The summed E-state index contributed by atoms with van der Waals surface area (Å²) in [5.74, 6) is -2.00. The fourth-order valence-corrected chi connectivity index (χ4v) is 3.02. The molecular weight excluding hydrogens is 472 g/mol. The number of carbonyl (C=O) groups is 1. The molecule has 9 nitrogen and oxygen atoms in total. The summed E-state index contributed by atoms with van der Waals surface area (Å²) >= 11 is 5.74. The van der Waals surface area contributed by atoms with Crippen LogP contribution in [0.2, 0.25) is 5.02 Å². The fraction of sp³-hybridized carbons (Fsp3) is 0.263. The van der Waals surface area contributed by atoms with Crippen LogP contribution in [-0.4, -0.2) is 44.6 Å². The van der Waals surface area contributed by atoms with Gasteiger partial charge in [0, 0.05) is 18.3 Å². The van der Waals surface area contributed by atoms with Crippen LogP contribution in [0.25, 0.3) is 0 Å². The number of hydrogen-bond acceptors (Lipinski definition) is 6. The van der Waals surface area contributed by atoms with Crippen LogP contribution in [0.5, 0.6) is 5.88 Å². The Morgan fingerprint density at radius 1 is 1.27 bits per heavy atom. The van der Waals surface area contributed by atoms with Crippen LogP contribution < -0.4 is 15.0 Å². The lowest BCUT2D eigenvalue weighted by atomic mass is 10.3. The van der Waals surface area contributed by atoms with Gasteiger partial charge in [-0.2, -0.15) is 13.2 Å². The summed E-state index contributed by atoms with van der Waals surface area (Å²) in [6.45, 7) is -1.52. The SMILES string of the molecule is COc1ccc(N(Cc2nnc(C(F)(F)F)n2CCO)C(=O)Nc2ccc(F)c(Cl)c2)cn1.